The first kappa shape index (κ1) is 22.4. The predicted octanol–water partition coefficient (Wildman–Crippen LogP) is 5.06. The van der Waals surface area contributed by atoms with E-state index in [1.165, 1.54) is 0 Å². The quantitative estimate of drug-likeness (QED) is 0.716. The molecule has 3 rings (SSSR count). The molecule has 2 aromatic rings. The van der Waals surface area contributed by atoms with Gasteiger partial charge in [-0.25, -0.2) is 9.78 Å². The minimum absolute atomic E-state index is 0.00316. The van der Waals surface area contributed by atoms with Gasteiger partial charge in [-0.05, 0) is 23.5 Å². The minimum atomic E-state index is -0.173. The van der Waals surface area contributed by atoms with Crippen LogP contribution >= 0.6 is 11.6 Å². The fraction of sp³-hybridized carbons (Fsp3) is 0.591. The first-order valence-electron chi connectivity index (χ1n) is 10.4. The zero-order valence-electron chi connectivity index (χ0n) is 18.8. The van der Waals surface area contributed by atoms with E-state index < -0.39 is 0 Å². The zero-order valence-corrected chi connectivity index (χ0v) is 19.5. The molecule has 0 radical (unpaired) electrons. The van der Waals surface area contributed by atoms with Crippen molar-refractivity contribution < 1.29 is 9.32 Å². The average molecular weight is 434 g/mol. The van der Waals surface area contributed by atoms with Gasteiger partial charge in [-0.3, -0.25) is 5.32 Å². The molecule has 7 nitrogen and oxygen atoms in total. The van der Waals surface area contributed by atoms with Gasteiger partial charge >= 0.3 is 6.03 Å². The third-order valence-corrected chi connectivity index (χ3v) is 5.53. The number of nitrogens with zero attached hydrogens (tertiary/aromatic N) is 4. The molecule has 0 bridgehead atoms. The zero-order chi connectivity index (χ0) is 22.1. The molecule has 0 spiro atoms. The first-order valence-corrected chi connectivity index (χ1v) is 10.8. The van der Waals surface area contributed by atoms with Crippen molar-refractivity contribution in [3.05, 3.63) is 34.7 Å². The van der Waals surface area contributed by atoms with Crippen LogP contribution in [0.2, 0.25) is 5.02 Å². The molecule has 0 atom stereocenters. The Hall–Kier alpha value is -2.28. The van der Waals surface area contributed by atoms with Crippen LogP contribution in [0.15, 0.2) is 22.9 Å². The molecular weight excluding hydrogens is 402 g/mol. The van der Waals surface area contributed by atoms with Crippen molar-refractivity contribution in [2.75, 3.05) is 36.4 Å². The molecular formula is C22H32ClN5O2. The van der Waals surface area contributed by atoms with E-state index in [-0.39, 0.29) is 16.9 Å². The number of hydrogen-bond donors (Lipinski definition) is 1. The van der Waals surface area contributed by atoms with E-state index in [1.54, 1.807) is 11.0 Å². The first-order chi connectivity index (χ1) is 13.9. The second-order valence-corrected chi connectivity index (χ2v) is 10.3. The van der Waals surface area contributed by atoms with Gasteiger partial charge in [-0.1, -0.05) is 58.3 Å². The number of carbonyl (C=O) groups is 1. The highest BCUT2D eigenvalue weighted by Gasteiger charge is 2.25. The molecule has 1 fully saturated rings. The van der Waals surface area contributed by atoms with Crippen LogP contribution in [-0.4, -0.2) is 47.3 Å². The third kappa shape index (κ3) is 5.25. The lowest BCUT2D eigenvalue weighted by Gasteiger charge is -2.25. The van der Waals surface area contributed by atoms with E-state index in [4.69, 9.17) is 16.1 Å². The van der Waals surface area contributed by atoms with Gasteiger partial charge in [0.05, 0.1) is 5.02 Å². The molecule has 0 aromatic carbocycles. The highest BCUT2D eigenvalue weighted by Crippen LogP contribution is 2.30. The van der Waals surface area contributed by atoms with E-state index in [0.29, 0.717) is 30.5 Å². The summed E-state index contributed by atoms with van der Waals surface area (Å²) < 4.78 is 5.35. The van der Waals surface area contributed by atoms with E-state index in [1.807, 2.05) is 33.0 Å². The molecule has 0 saturated carbocycles. The summed E-state index contributed by atoms with van der Waals surface area (Å²) in [6, 6.07) is 3.60. The van der Waals surface area contributed by atoms with Gasteiger partial charge in [0.15, 0.2) is 5.82 Å². The van der Waals surface area contributed by atoms with Gasteiger partial charge in [0.2, 0.25) is 0 Å². The summed E-state index contributed by atoms with van der Waals surface area (Å²) in [5, 5.41) is 7.47. The van der Waals surface area contributed by atoms with E-state index in [2.05, 4.69) is 41.1 Å². The Morgan fingerprint density at radius 1 is 1.07 bits per heavy atom. The Morgan fingerprint density at radius 3 is 2.40 bits per heavy atom. The second-order valence-electron chi connectivity index (χ2n) is 9.86. The lowest BCUT2D eigenvalue weighted by atomic mass is 9.88. The summed E-state index contributed by atoms with van der Waals surface area (Å²) >= 11 is 6.55. The SMILES string of the molecule is CC(C)(C)c1cnc(N2CCCN(C(=O)Nc3cc(C(C)(C)C)on3)CC2)c(Cl)c1. The van der Waals surface area contributed by atoms with Gasteiger partial charge in [0.25, 0.3) is 0 Å². The minimum Gasteiger partial charge on any atom is -0.359 e. The lowest BCUT2D eigenvalue weighted by molar-refractivity contribution is 0.215. The molecule has 2 aromatic heterocycles. The standard InChI is InChI=1S/C22H32ClN5O2/c1-21(2,3)15-12-16(23)19(24-14-15)27-8-7-9-28(11-10-27)20(29)25-18-13-17(30-26-18)22(4,5)6/h12-14H,7-11H2,1-6H3,(H,25,26,29). The van der Waals surface area contributed by atoms with Crippen LogP contribution < -0.4 is 10.2 Å². The van der Waals surface area contributed by atoms with Gasteiger partial charge in [0.1, 0.15) is 11.6 Å². The van der Waals surface area contributed by atoms with Gasteiger partial charge in [0, 0.05) is 43.9 Å². The Kier molecular flexibility index (Phi) is 6.32. The maximum Gasteiger partial charge on any atom is 0.323 e. The number of rotatable bonds is 2. The van der Waals surface area contributed by atoms with Crippen LogP contribution in [0.3, 0.4) is 0 Å². The lowest BCUT2D eigenvalue weighted by Crippen LogP contribution is -2.38. The van der Waals surface area contributed by atoms with E-state index >= 15 is 0 Å². The summed E-state index contributed by atoms with van der Waals surface area (Å²) in [5.74, 6) is 1.95. The van der Waals surface area contributed by atoms with E-state index in [9.17, 15) is 4.79 Å². The van der Waals surface area contributed by atoms with Crippen molar-refractivity contribution in [1.82, 2.24) is 15.0 Å². The molecule has 0 unspecified atom stereocenters. The van der Waals surface area contributed by atoms with Crippen LogP contribution in [0.5, 0.6) is 0 Å². The van der Waals surface area contributed by atoms with Crippen molar-refractivity contribution in [2.24, 2.45) is 0 Å². The average Bonchev–Trinajstić information content (AvgIpc) is 2.97. The fourth-order valence-electron chi connectivity index (χ4n) is 3.28. The molecule has 8 heteroatoms. The topological polar surface area (TPSA) is 74.5 Å². The molecule has 1 aliphatic rings. The normalized spacial score (nSPS) is 15.8. The summed E-state index contributed by atoms with van der Waals surface area (Å²) in [4.78, 5) is 21.3. The Bertz CT molecular complexity index is 898. The number of hydrogen-bond acceptors (Lipinski definition) is 5. The number of pyridine rings is 1. The Morgan fingerprint density at radius 2 is 1.80 bits per heavy atom. The van der Waals surface area contributed by atoms with Crippen LogP contribution in [-0.2, 0) is 10.8 Å². The summed E-state index contributed by atoms with van der Waals surface area (Å²) in [5.41, 5.74) is 0.944. The summed E-state index contributed by atoms with van der Waals surface area (Å²) in [7, 11) is 0. The number of aromatic nitrogens is 2. The number of urea groups is 1. The van der Waals surface area contributed by atoms with Crippen molar-refractivity contribution >= 4 is 29.3 Å². The van der Waals surface area contributed by atoms with Crippen molar-refractivity contribution in [1.29, 1.82) is 0 Å². The van der Waals surface area contributed by atoms with Crippen molar-refractivity contribution in [3.8, 4) is 0 Å². The Labute approximate surface area is 183 Å². The molecule has 0 aliphatic carbocycles. The number of carbonyl (C=O) groups excluding carboxylic acids is 1. The molecule has 1 aliphatic heterocycles. The highest BCUT2D eigenvalue weighted by atomic mass is 35.5. The molecule has 1 N–H and O–H groups in total. The van der Waals surface area contributed by atoms with Gasteiger partial charge in [-0.2, -0.15) is 0 Å². The highest BCUT2D eigenvalue weighted by molar-refractivity contribution is 6.33. The molecule has 1 saturated heterocycles. The van der Waals surface area contributed by atoms with Gasteiger partial charge in [-0.15, -0.1) is 0 Å². The predicted molar refractivity (Wildman–Crippen MR) is 121 cm³/mol. The summed E-state index contributed by atoms with van der Waals surface area (Å²) in [6.45, 7) is 15.2. The smallest absolute Gasteiger partial charge is 0.323 e. The number of amides is 2. The van der Waals surface area contributed by atoms with Crippen molar-refractivity contribution in [2.45, 2.75) is 58.8 Å². The van der Waals surface area contributed by atoms with Crippen LogP contribution in [0.25, 0.3) is 0 Å². The molecule has 3 heterocycles. The van der Waals surface area contributed by atoms with Crippen molar-refractivity contribution in [3.63, 3.8) is 0 Å². The third-order valence-electron chi connectivity index (χ3n) is 5.25. The number of anilines is 2. The van der Waals surface area contributed by atoms with E-state index in [0.717, 1.165) is 30.1 Å². The van der Waals surface area contributed by atoms with Crippen LogP contribution in [0.1, 0.15) is 59.3 Å². The van der Waals surface area contributed by atoms with Crippen LogP contribution in [0.4, 0.5) is 16.4 Å². The monoisotopic (exact) mass is 433 g/mol. The van der Waals surface area contributed by atoms with Crippen LogP contribution in [0, 0.1) is 0 Å². The maximum absolute atomic E-state index is 12.7. The number of halogens is 1. The molecule has 164 valence electrons. The van der Waals surface area contributed by atoms with Gasteiger partial charge < -0.3 is 14.3 Å². The maximum atomic E-state index is 12.7. The molecule has 30 heavy (non-hydrogen) atoms. The summed E-state index contributed by atoms with van der Waals surface area (Å²) in [6.07, 6.45) is 2.73. The Balaban J connectivity index is 1.63. The second kappa shape index (κ2) is 8.46. The largest absolute Gasteiger partial charge is 0.359 e. The number of nitrogens with one attached hydrogen (secondary N) is 1. The fourth-order valence-corrected chi connectivity index (χ4v) is 3.57. The molecule has 2 amide bonds.